The van der Waals surface area contributed by atoms with Crippen molar-refractivity contribution in [1.29, 1.82) is 0 Å². The van der Waals surface area contributed by atoms with Crippen LogP contribution in [0.15, 0.2) is 41.0 Å². The van der Waals surface area contributed by atoms with Gasteiger partial charge in [0.25, 0.3) is 0 Å². The highest BCUT2D eigenvalue weighted by molar-refractivity contribution is 5.37. The molecule has 2 heterocycles. The predicted molar refractivity (Wildman–Crippen MR) is 91.0 cm³/mol. The first kappa shape index (κ1) is 17.0. The Hall–Kier alpha value is -1.82. The third-order valence-electron chi connectivity index (χ3n) is 4.18. The Bertz CT molecular complexity index is 626. The summed E-state index contributed by atoms with van der Waals surface area (Å²) >= 11 is 0. The van der Waals surface area contributed by atoms with Crippen LogP contribution < -0.4 is 4.74 Å². The molecule has 3 rings (SSSR count). The van der Waals surface area contributed by atoms with Gasteiger partial charge in [0.1, 0.15) is 18.1 Å². The van der Waals surface area contributed by atoms with Crippen molar-refractivity contribution < 1.29 is 19.0 Å². The summed E-state index contributed by atoms with van der Waals surface area (Å²) in [7, 11) is 0. The maximum atomic E-state index is 10.2. The Morgan fingerprint density at radius 3 is 3.00 bits per heavy atom. The molecule has 1 aromatic heterocycles. The second-order valence-corrected chi connectivity index (χ2v) is 6.10. The monoisotopic (exact) mass is 331 g/mol. The second-order valence-electron chi connectivity index (χ2n) is 6.10. The van der Waals surface area contributed by atoms with Crippen LogP contribution in [0, 0.1) is 0 Å². The molecule has 0 saturated heterocycles. The fourth-order valence-electron chi connectivity index (χ4n) is 3.05. The van der Waals surface area contributed by atoms with E-state index in [0.29, 0.717) is 26.4 Å². The molecule has 1 aromatic carbocycles. The number of fused-ring (bicyclic) bond motifs is 1. The number of β-amino-alcohol motifs (C(OH)–C–C–N with tert-alkyl or cyclic N) is 1. The molecule has 130 valence electrons. The molecule has 1 N–H and O–H groups in total. The molecule has 0 spiro atoms. The molecule has 0 fully saturated rings. The highest BCUT2D eigenvalue weighted by Gasteiger charge is 2.19. The Labute approximate surface area is 142 Å². The Kier molecular flexibility index (Phi) is 5.91. The van der Waals surface area contributed by atoms with Gasteiger partial charge in [-0.1, -0.05) is 6.07 Å². The fraction of sp³-hybridized carbons (Fsp3) is 0.474. The summed E-state index contributed by atoms with van der Waals surface area (Å²) in [6.07, 6.45) is 2.12. The van der Waals surface area contributed by atoms with E-state index in [4.69, 9.17) is 13.9 Å². The average molecular weight is 331 g/mol. The average Bonchev–Trinajstić information content (AvgIpc) is 3.08. The number of hydrogen-bond acceptors (Lipinski definition) is 5. The first-order chi connectivity index (χ1) is 11.7. The van der Waals surface area contributed by atoms with Crippen LogP contribution in [0.5, 0.6) is 5.75 Å². The fourth-order valence-corrected chi connectivity index (χ4v) is 3.05. The van der Waals surface area contributed by atoms with E-state index in [-0.39, 0.29) is 0 Å². The maximum absolute atomic E-state index is 10.2. The van der Waals surface area contributed by atoms with Gasteiger partial charge in [-0.25, -0.2) is 0 Å². The third-order valence-corrected chi connectivity index (χ3v) is 4.18. The molecule has 5 heteroatoms. The van der Waals surface area contributed by atoms with Crippen molar-refractivity contribution in [2.24, 2.45) is 0 Å². The van der Waals surface area contributed by atoms with Crippen molar-refractivity contribution in [3.63, 3.8) is 0 Å². The smallest absolute Gasteiger partial charge is 0.129 e. The largest absolute Gasteiger partial charge is 0.494 e. The normalized spacial score (nSPS) is 15.9. The second kappa shape index (κ2) is 8.33. The number of hydrogen-bond donors (Lipinski definition) is 1. The van der Waals surface area contributed by atoms with Crippen LogP contribution in [0.2, 0.25) is 0 Å². The van der Waals surface area contributed by atoms with Crippen molar-refractivity contribution in [3.05, 3.63) is 53.5 Å². The van der Waals surface area contributed by atoms with Crippen molar-refractivity contribution in [2.75, 3.05) is 26.3 Å². The molecule has 24 heavy (non-hydrogen) atoms. The summed E-state index contributed by atoms with van der Waals surface area (Å²) in [5, 5.41) is 10.2. The first-order valence-electron chi connectivity index (χ1n) is 8.49. The molecule has 5 nitrogen and oxygen atoms in total. The van der Waals surface area contributed by atoms with E-state index in [1.165, 1.54) is 11.1 Å². The van der Waals surface area contributed by atoms with Gasteiger partial charge in [0, 0.05) is 19.6 Å². The molecule has 1 aliphatic heterocycles. The van der Waals surface area contributed by atoms with Gasteiger partial charge in [-0.15, -0.1) is 0 Å². The number of aliphatic hydroxyl groups is 1. The molecule has 1 unspecified atom stereocenters. The molecule has 0 saturated carbocycles. The number of rotatable bonds is 8. The van der Waals surface area contributed by atoms with Gasteiger partial charge in [-0.2, -0.15) is 0 Å². The number of furan rings is 1. The summed E-state index contributed by atoms with van der Waals surface area (Å²) in [6.45, 7) is 5.77. The summed E-state index contributed by atoms with van der Waals surface area (Å²) in [5.74, 6) is 1.69. The molecule has 0 aliphatic carbocycles. The topological polar surface area (TPSA) is 55.1 Å². The SMILES string of the molecule is CCOc1ccc2c(c1)CN(CC(O)COCc1ccco1)CC2. The Morgan fingerprint density at radius 2 is 2.21 bits per heavy atom. The zero-order valence-corrected chi connectivity index (χ0v) is 14.1. The highest BCUT2D eigenvalue weighted by atomic mass is 16.5. The van der Waals surface area contributed by atoms with Gasteiger partial charge in [0.05, 0.1) is 25.6 Å². The molecular weight excluding hydrogens is 306 g/mol. The van der Waals surface area contributed by atoms with E-state index in [2.05, 4.69) is 17.0 Å². The molecule has 0 radical (unpaired) electrons. The lowest BCUT2D eigenvalue weighted by atomic mass is 9.99. The van der Waals surface area contributed by atoms with E-state index in [1.54, 1.807) is 6.26 Å². The lowest BCUT2D eigenvalue weighted by Gasteiger charge is -2.30. The van der Waals surface area contributed by atoms with Crippen molar-refractivity contribution in [2.45, 2.75) is 32.6 Å². The van der Waals surface area contributed by atoms with Crippen molar-refractivity contribution in [3.8, 4) is 5.75 Å². The van der Waals surface area contributed by atoms with Gasteiger partial charge in [-0.3, -0.25) is 4.90 Å². The van der Waals surface area contributed by atoms with Crippen LogP contribution in [0.3, 0.4) is 0 Å². The Balaban J connectivity index is 1.46. The molecule has 1 atom stereocenters. The van der Waals surface area contributed by atoms with Gasteiger partial charge in [0.15, 0.2) is 0 Å². The van der Waals surface area contributed by atoms with E-state index in [1.807, 2.05) is 25.1 Å². The molecule has 2 aromatic rings. The van der Waals surface area contributed by atoms with Gasteiger partial charge in [-0.05, 0) is 48.7 Å². The number of ether oxygens (including phenoxy) is 2. The summed E-state index contributed by atoms with van der Waals surface area (Å²) in [4.78, 5) is 2.26. The lowest BCUT2D eigenvalue weighted by molar-refractivity contribution is 0.00310. The van der Waals surface area contributed by atoms with Gasteiger partial charge in [0.2, 0.25) is 0 Å². The van der Waals surface area contributed by atoms with Crippen molar-refractivity contribution >= 4 is 0 Å². The molecule has 1 aliphatic rings. The van der Waals surface area contributed by atoms with Crippen LogP contribution in [0.4, 0.5) is 0 Å². The van der Waals surface area contributed by atoms with Crippen LogP contribution in [-0.2, 0) is 24.3 Å². The number of nitrogens with zero attached hydrogens (tertiary/aromatic N) is 1. The minimum atomic E-state index is -0.503. The zero-order valence-electron chi connectivity index (χ0n) is 14.1. The molecule has 0 amide bonds. The minimum Gasteiger partial charge on any atom is -0.494 e. The van der Waals surface area contributed by atoms with E-state index in [9.17, 15) is 5.11 Å². The van der Waals surface area contributed by atoms with E-state index >= 15 is 0 Å². The van der Waals surface area contributed by atoms with Crippen LogP contribution in [0.25, 0.3) is 0 Å². The molecule has 0 bridgehead atoms. The number of aliphatic hydroxyl groups excluding tert-OH is 1. The summed E-state index contributed by atoms with van der Waals surface area (Å²) in [6, 6.07) is 10.0. The van der Waals surface area contributed by atoms with E-state index < -0.39 is 6.10 Å². The third kappa shape index (κ3) is 4.60. The summed E-state index contributed by atoms with van der Waals surface area (Å²) in [5.41, 5.74) is 2.66. The van der Waals surface area contributed by atoms with E-state index in [0.717, 1.165) is 31.0 Å². The van der Waals surface area contributed by atoms with Crippen LogP contribution in [0.1, 0.15) is 23.8 Å². The highest BCUT2D eigenvalue weighted by Crippen LogP contribution is 2.24. The number of benzene rings is 1. The predicted octanol–water partition coefficient (Wildman–Crippen LogP) is 2.61. The van der Waals surface area contributed by atoms with Gasteiger partial charge < -0.3 is 19.0 Å². The molecular formula is C19H25NO4. The first-order valence-corrected chi connectivity index (χ1v) is 8.49. The summed E-state index contributed by atoms with van der Waals surface area (Å²) < 4.78 is 16.3. The van der Waals surface area contributed by atoms with Crippen LogP contribution >= 0.6 is 0 Å². The van der Waals surface area contributed by atoms with Gasteiger partial charge >= 0.3 is 0 Å². The minimum absolute atomic E-state index is 0.309. The lowest BCUT2D eigenvalue weighted by Crippen LogP contribution is -2.38. The van der Waals surface area contributed by atoms with Crippen molar-refractivity contribution in [1.82, 2.24) is 4.90 Å². The van der Waals surface area contributed by atoms with Crippen LogP contribution in [-0.4, -0.2) is 42.4 Å². The Morgan fingerprint density at radius 1 is 1.29 bits per heavy atom. The quantitative estimate of drug-likeness (QED) is 0.806. The standard InChI is InChI=1S/C19H25NO4/c1-2-23-18-6-5-15-7-8-20(11-16(15)10-18)12-17(21)13-22-14-19-4-3-9-24-19/h3-6,9-10,17,21H,2,7-8,11-14H2,1H3. The maximum Gasteiger partial charge on any atom is 0.129 e. The zero-order chi connectivity index (χ0) is 16.8.